The minimum Gasteiger partial charge on any atom is -0.492 e. The third kappa shape index (κ3) is 2.72. The maximum atomic E-state index is 13.2. The second kappa shape index (κ2) is 6.23. The van der Waals surface area contributed by atoms with Gasteiger partial charge in [0, 0.05) is 25.2 Å². The molecule has 2 aromatic rings. The summed E-state index contributed by atoms with van der Waals surface area (Å²) in [7, 11) is -3.58. The Morgan fingerprint density at radius 2 is 1.96 bits per heavy atom. The standard InChI is InChI=1S/C17H20N2O4S/c20-24(21,19-9-3-6-15(19)17-8-4-11-22-17)18-10-12-23-16-7-2-1-5-14(16)13-18/h1-2,4-5,7-8,11,15H,3,6,9-10,12-13H2/t15-/m1/s1. The van der Waals surface area contributed by atoms with Crippen LogP contribution in [0, 0.1) is 0 Å². The van der Waals surface area contributed by atoms with E-state index < -0.39 is 10.2 Å². The number of ether oxygens (including phenoxy) is 1. The average Bonchev–Trinajstić information content (AvgIpc) is 3.21. The van der Waals surface area contributed by atoms with Crippen LogP contribution in [0.2, 0.25) is 0 Å². The van der Waals surface area contributed by atoms with Crippen LogP contribution in [0.3, 0.4) is 0 Å². The van der Waals surface area contributed by atoms with E-state index in [9.17, 15) is 8.42 Å². The van der Waals surface area contributed by atoms with Gasteiger partial charge in [0.2, 0.25) is 0 Å². The monoisotopic (exact) mass is 348 g/mol. The van der Waals surface area contributed by atoms with Gasteiger partial charge in [-0.15, -0.1) is 0 Å². The highest BCUT2D eigenvalue weighted by atomic mass is 32.2. The first kappa shape index (κ1) is 15.7. The number of fused-ring (bicyclic) bond motifs is 1. The van der Waals surface area contributed by atoms with E-state index in [1.165, 1.54) is 4.31 Å². The summed E-state index contributed by atoms with van der Waals surface area (Å²) in [6.45, 7) is 1.56. The number of furan rings is 1. The van der Waals surface area contributed by atoms with Crippen LogP contribution in [-0.4, -0.2) is 36.7 Å². The number of hydrogen-bond donors (Lipinski definition) is 0. The van der Waals surface area contributed by atoms with Crippen LogP contribution in [0.1, 0.15) is 30.2 Å². The molecule has 7 heteroatoms. The lowest BCUT2D eigenvalue weighted by molar-refractivity contribution is 0.268. The second-order valence-electron chi connectivity index (χ2n) is 6.08. The Labute approximate surface area is 141 Å². The highest BCUT2D eigenvalue weighted by Crippen LogP contribution is 2.36. The molecule has 1 atom stereocenters. The average molecular weight is 348 g/mol. The smallest absolute Gasteiger partial charge is 0.283 e. The zero-order chi connectivity index (χ0) is 16.6. The van der Waals surface area contributed by atoms with Crippen molar-refractivity contribution in [1.29, 1.82) is 0 Å². The van der Waals surface area contributed by atoms with E-state index in [1.54, 1.807) is 16.6 Å². The summed E-state index contributed by atoms with van der Waals surface area (Å²) in [5.41, 5.74) is 0.896. The van der Waals surface area contributed by atoms with Crippen LogP contribution >= 0.6 is 0 Å². The predicted octanol–water partition coefficient (Wildman–Crippen LogP) is 2.56. The van der Waals surface area contributed by atoms with Crippen LogP contribution in [0.4, 0.5) is 0 Å². The number of benzene rings is 1. The number of rotatable bonds is 3. The van der Waals surface area contributed by atoms with Crippen molar-refractivity contribution in [1.82, 2.24) is 8.61 Å². The molecule has 0 unspecified atom stereocenters. The molecule has 0 spiro atoms. The van der Waals surface area contributed by atoms with Crippen molar-refractivity contribution in [3.05, 3.63) is 54.0 Å². The third-order valence-corrected chi connectivity index (χ3v) is 6.61. The molecule has 2 aliphatic rings. The molecular formula is C17H20N2O4S. The highest BCUT2D eigenvalue weighted by molar-refractivity contribution is 7.86. The molecule has 0 bridgehead atoms. The summed E-state index contributed by atoms with van der Waals surface area (Å²) in [6.07, 6.45) is 3.22. The van der Waals surface area contributed by atoms with E-state index in [-0.39, 0.29) is 6.04 Å². The summed E-state index contributed by atoms with van der Waals surface area (Å²) in [6, 6.07) is 11.0. The molecule has 128 valence electrons. The van der Waals surface area contributed by atoms with Gasteiger partial charge >= 0.3 is 0 Å². The zero-order valence-electron chi connectivity index (χ0n) is 13.3. The van der Waals surface area contributed by atoms with Gasteiger partial charge in [0.15, 0.2) is 0 Å². The lowest BCUT2D eigenvalue weighted by atomic mass is 10.2. The lowest BCUT2D eigenvalue weighted by Crippen LogP contribution is -2.43. The van der Waals surface area contributed by atoms with Gasteiger partial charge in [0.25, 0.3) is 10.2 Å². The molecule has 0 saturated carbocycles. The fourth-order valence-electron chi connectivity index (χ4n) is 3.43. The normalized spacial score (nSPS) is 22.8. The molecule has 0 amide bonds. The van der Waals surface area contributed by atoms with E-state index in [4.69, 9.17) is 9.15 Å². The molecule has 2 aliphatic heterocycles. The van der Waals surface area contributed by atoms with E-state index in [1.807, 2.05) is 30.3 Å². The largest absolute Gasteiger partial charge is 0.492 e. The highest BCUT2D eigenvalue weighted by Gasteiger charge is 2.40. The fraction of sp³-hybridized carbons (Fsp3) is 0.412. The van der Waals surface area contributed by atoms with Crippen molar-refractivity contribution in [2.75, 3.05) is 19.7 Å². The van der Waals surface area contributed by atoms with Crippen molar-refractivity contribution in [3.8, 4) is 5.75 Å². The third-order valence-electron chi connectivity index (χ3n) is 4.62. The van der Waals surface area contributed by atoms with Gasteiger partial charge in [-0.05, 0) is 31.0 Å². The van der Waals surface area contributed by atoms with Crippen molar-refractivity contribution in [2.45, 2.75) is 25.4 Å². The molecule has 4 rings (SSSR count). The van der Waals surface area contributed by atoms with Crippen LogP contribution in [0.5, 0.6) is 5.75 Å². The van der Waals surface area contributed by atoms with Crippen molar-refractivity contribution in [3.63, 3.8) is 0 Å². The molecular weight excluding hydrogens is 328 g/mol. The quantitative estimate of drug-likeness (QED) is 0.855. The second-order valence-corrected chi connectivity index (χ2v) is 7.96. The molecule has 1 fully saturated rings. The SMILES string of the molecule is O=S(=O)(N1CCOc2ccccc2C1)N1CCC[C@@H]1c1ccco1. The molecule has 0 N–H and O–H groups in total. The summed E-state index contributed by atoms with van der Waals surface area (Å²) in [5.74, 6) is 1.47. The summed E-state index contributed by atoms with van der Waals surface area (Å²) >= 11 is 0. The van der Waals surface area contributed by atoms with E-state index in [0.717, 1.165) is 24.2 Å². The number of nitrogens with zero attached hydrogens (tertiary/aromatic N) is 2. The van der Waals surface area contributed by atoms with Crippen LogP contribution in [0.15, 0.2) is 47.1 Å². The Morgan fingerprint density at radius 3 is 2.79 bits per heavy atom. The van der Waals surface area contributed by atoms with Gasteiger partial charge in [-0.25, -0.2) is 0 Å². The zero-order valence-corrected chi connectivity index (χ0v) is 14.1. The molecule has 6 nitrogen and oxygen atoms in total. The first-order valence-electron chi connectivity index (χ1n) is 8.17. The summed E-state index contributed by atoms with van der Waals surface area (Å²) in [4.78, 5) is 0. The first-order chi connectivity index (χ1) is 11.7. The molecule has 0 radical (unpaired) electrons. The Balaban J connectivity index is 1.62. The molecule has 24 heavy (non-hydrogen) atoms. The van der Waals surface area contributed by atoms with Crippen molar-refractivity contribution < 1.29 is 17.6 Å². The van der Waals surface area contributed by atoms with Gasteiger partial charge in [-0.1, -0.05) is 18.2 Å². The molecule has 1 saturated heterocycles. The van der Waals surface area contributed by atoms with Crippen LogP contribution in [0.25, 0.3) is 0 Å². The maximum absolute atomic E-state index is 13.2. The van der Waals surface area contributed by atoms with Gasteiger partial charge in [-0.3, -0.25) is 0 Å². The minimum absolute atomic E-state index is 0.218. The summed E-state index contributed by atoms with van der Waals surface area (Å²) < 4.78 is 40.7. The van der Waals surface area contributed by atoms with Gasteiger partial charge in [0.1, 0.15) is 18.1 Å². The van der Waals surface area contributed by atoms with Gasteiger partial charge in [0.05, 0.1) is 12.3 Å². The fourth-order valence-corrected chi connectivity index (χ4v) is 5.22. The van der Waals surface area contributed by atoms with Crippen molar-refractivity contribution >= 4 is 10.2 Å². The van der Waals surface area contributed by atoms with Crippen molar-refractivity contribution in [2.24, 2.45) is 0 Å². The summed E-state index contributed by atoms with van der Waals surface area (Å²) in [5, 5.41) is 0. The Hall–Kier alpha value is -1.83. The minimum atomic E-state index is -3.58. The van der Waals surface area contributed by atoms with E-state index in [0.29, 0.717) is 32.0 Å². The molecule has 3 heterocycles. The Bertz CT molecular complexity index is 804. The van der Waals surface area contributed by atoms with Gasteiger partial charge in [-0.2, -0.15) is 17.0 Å². The lowest BCUT2D eigenvalue weighted by Gasteiger charge is -2.29. The molecule has 1 aromatic carbocycles. The Kier molecular flexibility index (Phi) is 4.07. The predicted molar refractivity (Wildman–Crippen MR) is 88.7 cm³/mol. The topological polar surface area (TPSA) is 63.0 Å². The van der Waals surface area contributed by atoms with E-state index >= 15 is 0 Å². The first-order valence-corrected chi connectivity index (χ1v) is 9.57. The van der Waals surface area contributed by atoms with E-state index in [2.05, 4.69) is 0 Å². The molecule has 1 aromatic heterocycles. The maximum Gasteiger partial charge on any atom is 0.283 e. The molecule has 0 aliphatic carbocycles. The van der Waals surface area contributed by atoms with Crippen LogP contribution in [-0.2, 0) is 16.8 Å². The van der Waals surface area contributed by atoms with Gasteiger partial charge < -0.3 is 9.15 Å². The Morgan fingerprint density at radius 1 is 1.08 bits per heavy atom. The number of hydrogen-bond acceptors (Lipinski definition) is 4. The van der Waals surface area contributed by atoms with Crippen LogP contribution < -0.4 is 4.74 Å². The number of para-hydroxylation sites is 1.